The predicted octanol–water partition coefficient (Wildman–Crippen LogP) is 4.36. The molecule has 1 atom stereocenters. The van der Waals surface area contributed by atoms with Gasteiger partial charge in [-0.1, -0.05) is 29.3 Å². The van der Waals surface area contributed by atoms with Crippen LogP contribution >= 0.6 is 22.9 Å². The Morgan fingerprint density at radius 2 is 1.89 bits per heavy atom. The van der Waals surface area contributed by atoms with Crippen LogP contribution in [0.1, 0.15) is 22.2 Å². The number of hydrogen-bond donors (Lipinski definition) is 0. The van der Waals surface area contributed by atoms with Crippen molar-refractivity contribution in [1.29, 1.82) is 0 Å². The number of ketones is 1. The summed E-state index contributed by atoms with van der Waals surface area (Å²) in [5.41, 5.74) is 1.16. The highest BCUT2D eigenvalue weighted by molar-refractivity contribution is 7.18. The van der Waals surface area contributed by atoms with Crippen molar-refractivity contribution >= 4 is 28.7 Å². The molecule has 4 heteroatoms. The van der Waals surface area contributed by atoms with Crippen molar-refractivity contribution in [2.45, 2.75) is 20.0 Å². The van der Waals surface area contributed by atoms with E-state index in [0.717, 1.165) is 5.56 Å². The van der Waals surface area contributed by atoms with Crippen molar-refractivity contribution in [2.75, 3.05) is 0 Å². The van der Waals surface area contributed by atoms with Crippen molar-refractivity contribution in [3.05, 3.63) is 51.2 Å². The van der Waals surface area contributed by atoms with Crippen LogP contribution in [0.2, 0.25) is 4.34 Å². The maximum Gasteiger partial charge on any atom is 0.212 e. The zero-order chi connectivity index (χ0) is 13.1. The van der Waals surface area contributed by atoms with Gasteiger partial charge in [-0.25, -0.2) is 0 Å². The molecule has 1 heterocycles. The van der Waals surface area contributed by atoms with Gasteiger partial charge in [0.1, 0.15) is 5.75 Å². The van der Waals surface area contributed by atoms with Gasteiger partial charge in [-0.05, 0) is 38.1 Å². The highest BCUT2D eigenvalue weighted by Gasteiger charge is 2.18. The Balaban J connectivity index is 2.05. The molecule has 0 fully saturated rings. The summed E-state index contributed by atoms with van der Waals surface area (Å²) in [6, 6.07) is 11.1. The molecule has 0 spiro atoms. The third kappa shape index (κ3) is 3.12. The summed E-state index contributed by atoms with van der Waals surface area (Å²) in [6.45, 7) is 3.75. The minimum Gasteiger partial charge on any atom is -0.483 e. The quantitative estimate of drug-likeness (QED) is 0.778. The van der Waals surface area contributed by atoms with Crippen molar-refractivity contribution in [3.63, 3.8) is 0 Å². The molecule has 0 saturated carbocycles. The van der Waals surface area contributed by atoms with E-state index in [9.17, 15) is 4.79 Å². The first-order valence-electron chi connectivity index (χ1n) is 5.59. The molecule has 1 aromatic carbocycles. The Morgan fingerprint density at radius 1 is 1.22 bits per heavy atom. The number of carbonyl (C=O) groups excluding carboxylic acids is 1. The van der Waals surface area contributed by atoms with Crippen LogP contribution in [0.4, 0.5) is 0 Å². The lowest BCUT2D eigenvalue weighted by molar-refractivity contribution is 0.0822. The van der Waals surface area contributed by atoms with Crippen molar-refractivity contribution in [3.8, 4) is 5.75 Å². The molecule has 2 rings (SSSR count). The highest BCUT2D eigenvalue weighted by Crippen LogP contribution is 2.24. The summed E-state index contributed by atoms with van der Waals surface area (Å²) in [5, 5.41) is 0. The molecule has 0 N–H and O–H groups in total. The van der Waals surface area contributed by atoms with Crippen LogP contribution in [0.3, 0.4) is 0 Å². The lowest BCUT2D eigenvalue weighted by atomic mass is 10.2. The zero-order valence-electron chi connectivity index (χ0n) is 10.1. The van der Waals surface area contributed by atoms with Crippen LogP contribution < -0.4 is 4.74 Å². The van der Waals surface area contributed by atoms with Gasteiger partial charge in [0.15, 0.2) is 6.10 Å². The lowest BCUT2D eigenvalue weighted by Crippen LogP contribution is -2.23. The number of ether oxygens (including phenoxy) is 1. The van der Waals surface area contributed by atoms with Crippen LogP contribution in [0.15, 0.2) is 36.4 Å². The van der Waals surface area contributed by atoms with Gasteiger partial charge >= 0.3 is 0 Å². The Labute approximate surface area is 115 Å². The average molecular weight is 281 g/mol. The molecule has 94 valence electrons. The molecule has 0 aliphatic carbocycles. The SMILES string of the molecule is Cc1ccc(OC(C)C(=O)c2ccc(Cl)s2)cc1. The fraction of sp³-hybridized carbons (Fsp3) is 0.214. The van der Waals surface area contributed by atoms with E-state index in [4.69, 9.17) is 16.3 Å². The summed E-state index contributed by atoms with van der Waals surface area (Å²) in [7, 11) is 0. The number of halogens is 1. The van der Waals surface area contributed by atoms with E-state index in [1.54, 1.807) is 19.1 Å². The van der Waals surface area contributed by atoms with E-state index in [-0.39, 0.29) is 5.78 Å². The molecule has 0 radical (unpaired) electrons. The predicted molar refractivity (Wildman–Crippen MR) is 74.9 cm³/mol. The first kappa shape index (κ1) is 13.1. The summed E-state index contributed by atoms with van der Waals surface area (Å²) in [5.74, 6) is 0.650. The summed E-state index contributed by atoms with van der Waals surface area (Å²) in [4.78, 5) is 12.7. The van der Waals surface area contributed by atoms with Gasteiger partial charge in [-0.2, -0.15) is 0 Å². The first-order valence-corrected chi connectivity index (χ1v) is 6.78. The second-order valence-corrected chi connectivity index (χ2v) is 5.76. The molecule has 0 bridgehead atoms. The van der Waals surface area contributed by atoms with Gasteiger partial charge in [0, 0.05) is 0 Å². The second-order valence-electron chi connectivity index (χ2n) is 4.04. The van der Waals surface area contributed by atoms with Gasteiger partial charge in [-0.3, -0.25) is 4.79 Å². The lowest BCUT2D eigenvalue weighted by Gasteiger charge is -2.12. The molecule has 18 heavy (non-hydrogen) atoms. The number of aryl methyl sites for hydroxylation is 1. The molecule has 0 saturated heterocycles. The van der Waals surface area contributed by atoms with Crippen LogP contribution in [0, 0.1) is 6.92 Å². The average Bonchev–Trinajstić information content (AvgIpc) is 2.78. The van der Waals surface area contributed by atoms with Crippen LogP contribution in [0.5, 0.6) is 5.75 Å². The molecule has 1 unspecified atom stereocenters. The van der Waals surface area contributed by atoms with Crippen LogP contribution in [-0.2, 0) is 0 Å². The Hall–Kier alpha value is -1.32. The number of benzene rings is 1. The van der Waals surface area contributed by atoms with E-state index in [1.165, 1.54) is 11.3 Å². The molecular formula is C14H13ClO2S. The van der Waals surface area contributed by atoms with E-state index in [2.05, 4.69) is 0 Å². The van der Waals surface area contributed by atoms with Gasteiger partial charge in [0.05, 0.1) is 9.21 Å². The third-order valence-electron chi connectivity index (χ3n) is 2.52. The van der Waals surface area contributed by atoms with Crippen LogP contribution in [-0.4, -0.2) is 11.9 Å². The molecule has 1 aromatic heterocycles. The monoisotopic (exact) mass is 280 g/mol. The Morgan fingerprint density at radius 3 is 2.44 bits per heavy atom. The molecule has 0 aliphatic rings. The maximum atomic E-state index is 12.1. The van der Waals surface area contributed by atoms with E-state index in [1.807, 2.05) is 31.2 Å². The zero-order valence-corrected chi connectivity index (χ0v) is 11.7. The molecule has 2 aromatic rings. The summed E-state index contributed by atoms with van der Waals surface area (Å²) in [6.07, 6.45) is -0.512. The molecule has 2 nitrogen and oxygen atoms in total. The van der Waals surface area contributed by atoms with Crippen molar-refractivity contribution in [1.82, 2.24) is 0 Å². The second kappa shape index (κ2) is 5.55. The minimum absolute atomic E-state index is 0.0486. The Kier molecular flexibility index (Phi) is 4.04. The normalized spacial score (nSPS) is 12.2. The standard InChI is InChI=1S/C14H13ClO2S/c1-9-3-5-11(6-4-9)17-10(2)14(16)12-7-8-13(15)18-12/h3-8,10H,1-2H3. The first-order chi connectivity index (χ1) is 8.56. The van der Waals surface area contributed by atoms with Crippen molar-refractivity contribution < 1.29 is 9.53 Å². The topological polar surface area (TPSA) is 26.3 Å². The van der Waals surface area contributed by atoms with Crippen molar-refractivity contribution in [2.24, 2.45) is 0 Å². The number of carbonyl (C=O) groups is 1. The fourth-order valence-corrected chi connectivity index (χ4v) is 2.58. The largest absolute Gasteiger partial charge is 0.483 e. The van der Waals surface area contributed by atoms with Gasteiger partial charge < -0.3 is 4.74 Å². The van der Waals surface area contributed by atoms with Crippen LogP contribution in [0.25, 0.3) is 0 Å². The number of thiophene rings is 1. The van der Waals surface area contributed by atoms with E-state index < -0.39 is 6.10 Å². The molecular weight excluding hydrogens is 268 g/mol. The molecule has 0 aliphatic heterocycles. The number of rotatable bonds is 4. The fourth-order valence-electron chi connectivity index (χ4n) is 1.52. The third-order valence-corrected chi connectivity index (χ3v) is 3.76. The minimum atomic E-state index is -0.512. The maximum absolute atomic E-state index is 12.1. The Bertz CT molecular complexity index is 545. The van der Waals surface area contributed by atoms with Gasteiger partial charge in [0.2, 0.25) is 5.78 Å². The summed E-state index contributed by atoms with van der Waals surface area (Å²) < 4.78 is 6.22. The van der Waals surface area contributed by atoms with E-state index in [0.29, 0.717) is 15.0 Å². The number of Topliss-reactive ketones (excluding diaryl/α,β-unsaturated/α-hetero) is 1. The highest BCUT2D eigenvalue weighted by atomic mass is 35.5. The smallest absolute Gasteiger partial charge is 0.212 e. The number of hydrogen-bond acceptors (Lipinski definition) is 3. The van der Waals surface area contributed by atoms with Gasteiger partial charge in [0.25, 0.3) is 0 Å². The van der Waals surface area contributed by atoms with Gasteiger partial charge in [-0.15, -0.1) is 11.3 Å². The summed E-state index contributed by atoms with van der Waals surface area (Å²) >= 11 is 7.09. The van der Waals surface area contributed by atoms with E-state index >= 15 is 0 Å². The molecule has 0 amide bonds.